The Morgan fingerprint density at radius 3 is 2.53 bits per heavy atom. The average Bonchev–Trinajstić information content (AvgIpc) is 2.23. The number of halogens is 2. The zero-order chi connectivity index (χ0) is 12.7. The highest BCUT2D eigenvalue weighted by molar-refractivity contribution is 5.18. The summed E-state index contributed by atoms with van der Waals surface area (Å²) in [7, 11) is 1.51. The van der Waals surface area contributed by atoms with E-state index in [9.17, 15) is 13.9 Å². The second-order valence-corrected chi connectivity index (χ2v) is 3.84. The first-order chi connectivity index (χ1) is 8.11. The van der Waals surface area contributed by atoms with Crippen LogP contribution in [-0.4, -0.2) is 38.0 Å². The highest BCUT2D eigenvalue weighted by atomic mass is 19.1. The minimum absolute atomic E-state index is 0.265. The van der Waals surface area contributed by atoms with Crippen LogP contribution in [0.25, 0.3) is 0 Å². The molecule has 0 aliphatic carbocycles. The Labute approximate surface area is 99.4 Å². The van der Waals surface area contributed by atoms with Crippen LogP contribution in [0.4, 0.5) is 8.78 Å². The monoisotopic (exact) mass is 245 g/mol. The van der Waals surface area contributed by atoms with Crippen LogP contribution in [0.1, 0.15) is 5.56 Å². The van der Waals surface area contributed by atoms with E-state index in [2.05, 4.69) is 5.32 Å². The minimum Gasteiger partial charge on any atom is -0.389 e. The maximum atomic E-state index is 12.8. The van der Waals surface area contributed by atoms with Crippen molar-refractivity contribution in [3.8, 4) is 0 Å². The van der Waals surface area contributed by atoms with Crippen LogP contribution in [0.5, 0.6) is 0 Å². The summed E-state index contributed by atoms with van der Waals surface area (Å²) >= 11 is 0. The molecule has 0 saturated carbocycles. The molecule has 0 fully saturated rings. The minimum atomic E-state index is -0.570. The van der Waals surface area contributed by atoms with Crippen molar-refractivity contribution in [1.29, 1.82) is 0 Å². The summed E-state index contributed by atoms with van der Waals surface area (Å²) in [6.07, 6.45) is -0.0572. The van der Waals surface area contributed by atoms with Crippen molar-refractivity contribution in [2.45, 2.75) is 12.5 Å². The van der Waals surface area contributed by atoms with E-state index in [0.29, 0.717) is 25.1 Å². The van der Waals surface area contributed by atoms with Gasteiger partial charge in [-0.05, 0) is 30.7 Å². The second-order valence-electron chi connectivity index (χ2n) is 3.84. The van der Waals surface area contributed by atoms with Gasteiger partial charge in [-0.3, -0.25) is 0 Å². The fraction of sp³-hybridized carbons (Fsp3) is 0.500. The molecule has 0 heterocycles. The third-order valence-corrected chi connectivity index (χ3v) is 2.25. The van der Waals surface area contributed by atoms with E-state index >= 15 is 0 Å². The number of nitrogens with one attached hydrogen (secondary N) is 1. The van der Waals surface area contributed by atoms with Crippen LogP contribution in [0, 0.1) is 11.6 Å². The van der Waals surface area contributed by atoms with Gasteiger partial charge >= 0.3 is 0 Å². The molecule has 0 aliphatic rings. The predicted molar refractivity (Wildman–Crippen MR) is 60.8 cm³/mol. The number of methoxy groups -OCH3 is 1. The second kappa shape index (κ2) is 7.32. The Morgan fingerprint density at radius 2 is 1.94 bits per heavy atom. The molecule has 0 bridgehead atoms. The summed E-state index contributed by atoms with van der Waals surface area (Å²) < 4.78 is 30.5. The topological polar surface area (TPSA) is 41.5 Å². The molecule has 1 aromatic carbocycles. The van der Waals surface area contributed by atoms with E-state index in [1.807, 2.05) is 0 Å². The molecule has 0 aliphatic heterocycles. The molecule has 0 amide bonds. The lowest BCUT2D eigenvalue weighted by atomic mass is 10.1. The Balaban J connectivity index is 2.26. The van der Waals surface area contributed by atoms with Crippen LogP contribution in [0.15, 0.2) is 18.2 Å². The fourth-order valence-corrected chi connectivity index (χ4v) is 1.51. The fourth-order valence-electron chi connectivity index (χ4n) is 1.51. The average molecular weight is 245 g/mol. The molecular weight excluding hydrogens is 228 g/mol. The van der Waals surface area contributed by atoms with E-state index < -0.39 is 17.7 Å². The molecule has 1 unspecified atom stereocenters. The first-order valence-corrected chi connectivity index (χ1v) is 5.44. The van der Waals surface area contributed by atoms with E-state index in [-0.39, 0.29) is 6.61 Å². The van der Waals surface area contributed by atoms with Crippen molar-refractivity contribution >= 4 is 0 Å². The maximum absolute atomic E-state index is 12.8. The van der Waals surface area contributed by atoms with Gasteiger partial charge in [0.25, 0.3) is 0 Å². The number of aliphatic hydroxyl groups excluding tert-OH is 1. The van der Waals surface area contributed by atoms with Crippen LogP contribution < -0.4 is 5.32 Å². The summed E-state index contributed by atoms with van der Waals surface area (Å²) in [4.78, 5) is 0. The van der Waals surface area contributed by atoms with Gasteiger partial charge in [-0.15, -0.1) is 0 Å². The number of rotatable bonds is 7. The summed E-state index contributed by atoms with van der Waals surface area (Å²) in [5.41, 5.74) is 0.594. The smallest absolute Gasteiger partial charge is 0.126 e. The molecule has 1 aromatic rings. The molecule has 96 valence electrons. The Morgan fingerprint density at radius 1 is 1.29 bits per heavy atom. The largest absolute Gasteiger partial charge is 0.389 e. The van der Waals surface area contributed by atoms with E-state index in [4.69, 9.17) is 4.74 Å². The molecular formula is C12H17F2NO2. The van der Waals surface area contributed by atoms with Crippen LogP contribution in [0.2, 0.25) is 0 Å². The number of hydrogen-bond acceptors (Lipinski definition) is 3. The molecule has 0 spiro atoms. The number of hydrogen-bond donors (Lipinski definition) is 2. The van der Waals surface area contributed by atoms with Gasteiger partial charge in [-0.25, -0.2) is 8.78 Å². The highest BCUT2D eigenvalue weighted by Crippen LogP contribution is 2.07. The Bertz CT molecular complexity index is 327. The van der Waals surface area contributed by atoms with Crippen molar-refractivity contribution in [3.05, 3.63) is 35.4 Å². The standard InChI is InChI=1S/C12H17F2NO2/c1-17-8-12(16)7-15-3-2-9-4-10(13)6-11(14)5-9/h4-6,12,15-16H,2-3,7-8H2,1H3. The zero-order valence-corrected chi connectivity index (χ0v) is 9.75. The van der Waals surface area contributed by atoms with Gasteiger partial charge in [0, 0.05) is 19.7 Å². The summed E-state index contributed by atoms with van der Waals surface area (Å²) in [5, 5.41) is 12.3. The molecule has 5 heteroatoms. The van der Waals surface area contributed by atoms with Gasteiger partial charge < -0.3 is 15.2 Å². The predicted octanol–water partition coefficient (Wildman–Crippen LogP) is 1.10. The summed E-state index contributed by atoms with van der Waals surface area (Å²) in [6, 6.07) is 3.45. The molecule has 3 nitrogen and oxygen atoms in total. The molecule has 2 N–H and O–H groups in total. The Hall–Kier alpha value is -1.04. The van der Waals surface area contributed by atoms with E-state index in [1.165, 1.54) is 19.2 Å². The quantitative estimate of drug-likeness (QED) is 0.707. The van der Waals surface area contributed by atoms with Gasteiger partial charge in [0.05, 0.1) is 12.7 Å². The van der Waals surface area contributed by atoms with Crippen molar-refractivity contribution in [1.82, 2.24) is 5.32 Å². The lowest BCUT2D eigenvalue weighted by Crippen LogP contribution is -2.31. The number of benzene rings is 1. The lowest BCUT2D eigenvalue weighted by Gasteiger charge is -2.10. The lowest BCUT2D eigenvalue weighted by molar-refractivity contribution is 0.0648. The molecule has 0 saturated heterocycles. The van der Waals surface area contributed by atoms with Crippen LogP contribution >= 0.6 is 0 Å². The third kappa shape index (κ3) is 5.72. The SMILES string of the molecule is COCC(O)CNCCc1cc(F)cc(F)c1. The first kappa shape index (κ1) is 14.0. The zero-order valence-electron chi connectivity index (χ0n) is 9.75. The van der Waals surface area contributed by atoms with Crippen molar-refractivity contribution in [3.63, 3.8) is 0 Å². The van der Waals surface area contributed by atoms with Crippen LogP contribution in [-0.2, 0) is 11.2 Å². The number of aliphatic hydroxyl groups is 1. The van der Waals surface area contributed by atoms with Crippen molar-refractivity contribution < 1.29 is 18.6 Å². The normalized spacial score (nSPS) is 12.7. The van der Waals surface area contributed by atoms with Gasteiger partial charge in [-0.1, -0.05) is 0 Å². The maximum Gasteiger partial charge on any atom is 0.126 e. The van der Waals surface area contributed by atoms with Gasteiger partial charge in [0.1, 0.15) is 11.6 Å². The van der Waals surface area contributed by atoms with E-state index in [0.717, 1.165) is 6.07 Å². The van der Waals surface area contributed by atoms with Gasteiger partial charge in [0.2, 0.25) is 0 Å². The van der Waals surface area contributed by atoms with Crippen molar-refractivity contribution in [2.24, 2.45) is 0 Å². The van der Waals surface area contributed by atoms with Gasteiger partial charge in [-0.2, -0.15) is 0 Å². The molecule has 17 heavy (non-hydrogen) atoms. The molecule has 0 radical (unpaired) electrons. The Kier molecular flexibility index (Phi) is 6.04. The number of ether oxygens (including phenoxy) is 1. The third-order valence-electron chi connectivity index (χ3n) is 2.25. The molecule has 1 rings (SSSR count). The highest BCUT2D eigenvalue weighted by Gasteiger charge is 2.03. The summed E-state index contributed by atoms with van der Waals surface area (Å²) in [6.45, 7) is 1.21. The summed E-state index contributed by atoms with van der Waals surface area (Å²) in [5.74, 6) is -1.14. The van der Waals surface area contributed by atoms with Crippen molar-refractivity contribution in [2.75, 3.05) is 26.8 Å². The van der Waals surface area contributed by atoms with Crippen LogP contribution in [0.3, 0.4) is 0 Å². The first-order valence-electron chi connectivity index (χ1n) is 5.44. The van der Waals surface area contributed by atoms with E-state index in [1.54, 1.807) is 0 Å². The van der Waals surface area contributed by atoms with Gasteiger partial charge in [0.15, 0.2) is 0 Å². The molecule has 1 atom stereocenters. The molecule has 0 aromatic heterocycles.